The highest BCUT2D eigenvalue weighted by Crippen LogP contribution is 2.25. The molecular weight excluding hydrogens is 138 g/mol. The highest BCUT2D eigenvalue weighted by atomic mass is 16.5. The first kappa shape index (κ1) is 8.58. The fourth-order valence-electron chi connectivity index (χ4n) is 1.62. The molecule has 2 nitrogen and oxygen atoms in total. The zero-order chi connectivity index (χ0) is 8.27. The van der Waals surface area contributed by atoms with Gasteiger partial charge in [-0.1, -0.05) is 12.8 Å². The van der Waals surface area contributed by atoms with Crippen LogP contribution >= 0.6 is 0 Å². The van der Waals surface area contributed by atoms with Gasteiger partial charge in [-0.2, -0.15) is 0 Å². The van der Waals surface area contributed by atoms with Crippen molar-refractivity contribution in [2.24, 2.45) is 11.7 Å². The van der Waals surface area contributed by atoms with Crippen molar-refractivity contribution in [1.82, 2.24) is 0 Å². The van der Waals surface area contributed by atoms with E-state index in [-0.39, 0.29) is 6.04 Å². The topological polar surface area (TPSA) is 35.2 Å². The van der Waals surface area contributed by atoms with Crippen LogP contribution in [0.4, 0.5) is 0 Å². The second-order valence-electron chi connectivity index (χ2n) is 2.96. The summed E-state index contributed by atoms with van der Waals surface area (Å²) in [5.41, 5.74) is 5.73. The van der Waals surface area contributed by atoms with Crippen molar-refractivity contribution in [1.29, 1.82) is 0 Å². The van der Waals surface area contributed by atoms with E-state index in [0.29, 0.717) is 12.0 Å². The SMILES string of the molecule is C#CC(N)C1CCOC1CC. The Bertz CT molecular complexity index is 161. The molecule has 0 aromatic rings. The Morgan fingerprint density at radius 2 is 2.55 bits per heavy atom. The van der Waals surface area contributed by atoms with Gasteiger partial charge in [-0.15, -0.1) is 6.42 Å². The van der Waals surface area contributed by atoms with Gasteiger partial charge in [-0.05, 0) is 12.8 Å². The molecule has 0 amide bonds. The largest absolute Gasteiger partial charge is 0.378 e. The molecule has 2 heteroatoms. The summed E-state index contributed by atoms with van der Waals surface area (Å²) in [7, 11) is 0. The highest BCUT2D eigenvalue weighted by Gasteiger charge is 2.30. The van der Waals surface area contributed by atoms with E-state index in [9.17, 15) is 0 Å². The molecule has 1 aliphatic rings. The second-order valence-corrected chi connectivity index (χ2v) is 2.96. The number of hydrogen-bond donors (Lipinski definition) is 1. The molecule has 3 atom stereocenters. The van der Waals surface area contributed by atoms with Gasteiger partial charge < -0.3 is 10.5 Å². The predicted molar refractivity (Wildman–Crippen MR) is 44.9 cm³/mol. The van der Waals surface area contributed by atoms with Crippen LogP contribution in [0.15, 0.2) is 0 Å². The first-order chi connectivity index (χ1) is 5.29. The van der Waals surface area contributed by atoms with Crippen LogP contribution in [0.2, 0.25) is 0 Å². The Hall–Kier alpha value is -0.520. The van der Waals surface area contributed by atoms with Crippen molar-refractivity contribution < 1.29 is 4.74 Å². The van der Waals surface area contributed by atoms with Crippen molar-refractivity contribution in [2.75, 3.05) is 6.61 Å². The lowest BCUT2D eigenvalue weighted by atomic mass is 9.92. The van der Waals surface area contributed by atoms with Gasteiger partial charge >= 0.3 is 0 Å². The molecule has 1 heterocycles. The molecule has 0 aromatic carbocycles. The van der Waals surface area contributed by atoms with E-state index in [2.05, 4.69) is 12.8 Å². The van der Waals surface area contributed by atoms with E-state index in [1.54, 1.807) is 0 Å². The van der Waals surface area contributed by atoms with E-state index in [1.807, 2.05) is 0 Å². The van der Waals surface area contributed by atoms with Gasteiger partial charge in [0.15, 0.2) is 0 Å². The summed E-state index contributed by atoms with van der Waals surface area (Å²) in [4.78, 5) is 0. The third-order valence-corrected chi connectivity index (χ3v) is 2.32. The fraction of sp³-hybridized carbons (Fsp3) is 0.778. The first-order valence-corrected chi connectivity index (χ1v) is 4.13. The summed E-state index contributed by atoms with van der Waals surface area (Å²) >= 11 is 0. The second kappa shape index (κ2) is 3.75. The fourth-order valence-corrected chi connectivity index (χ4v) is 1.62. The molecule has 0 aromatic heterocycles. The summed E-state index contributed by atoms with van der Waals surface area (Å²) in [6.07, 6.45) is 7.56. The van der Waals surface area contributed by atoms with E-state index in [4.69, 9.17) is 16.9 Å². The van der Waals surface area contributed by atoms with E-state index >= 15 is 0 Å². The Labute approximate surface area is 68.1 Å². The van der Waals surface area contributed by atoms with Crippen LogP contribution in [0.3, 0.4) is 0 Å². The summed E-state index contributed by atoms with van der Waals surface area (Å²) in [5, 5.41) is 0. The molecule has 11 heavy (non-hydrogen) atoms. The van der Waals surface area contributed by atoms with Crippen molar-refractivity contribution >= 4 is 0 Å². The number of rotatable bonds is 2. The molecule has 2 N–H and O–H groups in total. The van der Waals surface area contributed by atoms with Crippen molar-refractivity contribution in [2.45, 2.75) is 31.9 Å². The zero-order valence-electron chi connectivity index (χ0n) is 6.92. The van der Waals surface area contributed by atoms with Gasteiger partial charge in [0.05, 0.1) is 12.1 Å². The van der Waals surface area contributed by atoms with E-state index < -0.39 is 0 Å². The van der Waals surface area contributed by atoms with Crippen LogP contribution in [-0.4, -0.2) is 18.8 Å². The molecule has 0 bridgehead atoms. The Morgan fingerprint density at radius 3 is 3.09 bits per heavy atom. The lowest BCUT2D eigenvalue weighted by molar-refractivity contribution is 0.0854. The van der Waals surface area contributed by atoms with Gasteiger partial charge in [0.1, 0.15) is 0 Å². The third kappa shape index (κ3) is 1.74. The van der Waals surface area contributed by atoms with Gasteiger partial charge in [0.2, 0.25) is 0 Å². The molecular formula is C9H15NO. The minimum atomic E-state index is -0.123. The quantitative estimate of drug-likeness (QED) is 0.594. The maximum atomic E-state index is 5.73. The number of ether oxygens (including phenoxy) is 1. The predicted octanol–water partition coefficient (Wildman–Crippen LogP) is 0.762. The molecule has 0 spiro atoms. The third-order valence-electron chi connectivity index (χ3n) is 2.32. The minimum absolute atomic E-state index is 0.123. The number of terminal acetylenes is 1. The van der Waals surface area contributed by atoms with E-state index in [0.717, 1.165) is 19.4 Å². The van der Waals surface area contributed by atoms with Crippen LogP contribution in [0, 0.1) is 18.3 Å². The summed E-state index contributed by atoms with van der Waals surface area (Å²) in [6.45, 7) is 2.92. The molecule has 1 saturated heterocycles. The van der Waals surface area contributed by atoms with Crippen LogP contribution in [0.5, 0.6) is 0 Å². The van der Waals surface area contributed by atoms with Gasteiger partial charge in [0, 0.05) is 12.5 Å². The Morgan fingerprint density at radius 1 is 1.82 bits per heavy atom. The standard InChI is InChI=1S/C9H15NO/c1-3-8(10)7-5-6-11-9(7)4-2/h1,7-9H,4-6,10H2,2H3. The normalized spacial score (nSPS) is 33.2. The summed E-state index contributed by atoms with van der Waals surface area (Å²) < 4.78 is 5.46. The molecule has 3 unspecified atom stereocenters. The summed E-state index contributed by atoms with van der Waals surface area (Å²) in [5.74, 6) is 2.95. The highest BCUT2D eigenvalue weighted by molar-refractivity contribution is 5.03. The molecule has 62 valence electrons. The van der Waals surface area contributed by atoms with Crippen LogP contribution in [-0.2, 0) is 4.74 Å². The van der Waals surface area contributed by atoms with Crippen LogP contribution in [0.25, 0.3) is 0 Å². The Balaban J connectivity index is 2.50. The molecule has 0 radical (unpaired) electrons. The number of nitrogens with two attached hydrogens (primary N) is 1. The lowest BCUT2D eigenvalue weighted by Gasteiger charge is -2.18. The molecule has 1 fully saturated rings. The molecule has 0 aliphatic carbocycles. The van der Waals surface area contributed by atoms with Crippen molar-refractivity contribution in [3.8, 4) is 12.3 Å². The van der Waals surface area contributed by atoms with Crippen molar-refractivity contribution in [3.63, 3.8) is 0 Å². The molecule has 0 saturated carbocycles. The van der Waals surface area contributed by atoms with Gasteiger partial charge in [-0.25, -0.2) is 0 Å². The number of hydrogen-bond acceptors (Lipinski definition) is 2. The van der Waals surface area contributed by atoms with Crippen molar-refractivity contribution in [3.05, 3.63) is 0 Å². The molecule has 1 rings (SSSR count). The van der Waals surface area contributed by atoms with Crippen LogP contribution in [0.1, 0.15) is 19.8 Å². The maximum Gasteiger partial charge on any atom is 0.0716 e. The zero-order valence-corrected chi connectivity index (χ0v) is 6.92. The van der Waals surface area contributed by atoms with Gasteiger partial charge in [0.25, 0.3) is 0 Å². The Kier molecular flexibility index (Phi) is 2.92. The van der Waals surface area contributed by atoms with Gasteiger partial charge in [-0.3, -0.25) is 0 Å². The smallest absolute Gasteiger partial charge is 0.0716 e. The lowest BCUT2D eigenvalue weighted by Crippen LogP contribution is -2.33. The minimum Gasteiger partial charge on any atom is -0.378 e. The average molecular weight is 153 g/mol. The monoisotopic (exact) mass is 153 g/mol. The first-order valence-electron chi connectivity index (χ1n) is 4.13. The van der Waals surface area contributed by atoms with Crippen LogP contribution < -0.4 is 5.73 Å². The molecule has 1 aliphatic heterocycles. The average Bonchev–Trinajstić information content (AvgIpc) is 2.50. The summed E-state index contributed by atoms with van der Waals surface area (Å²) in [6, 6.07) is -0.123. The maximum absolute atomic E-state index is 5.73. The van der Waals surface area contributed by atoms with E-state index in [1.165, 1.54) is 0 Å².